The van der Waals surface area contributed by atoms with Crippen molar-refractivity contribution in [3.05, 3.63) is 0 Å². The molecule has 2 nitrogen and oxygen atoms in total. The Labute approximate surface area is 60.5 Å². The van der Waals surface area contributed by atoms with Crippen LogP contribution in [0, 0.1) is 0 Å². The van der Waals surface area contributed by atoms with E-state index < -0.39 is 0 Å². The Kier molecular flexibility index (Phi) is 0.647. The van der Waals surface area contributed by atoms with Gasteiger partial charge in [0.2, 0.25) is 0 Å². The maximum Gasteiger partial charge on any atom is 0.0949 e. The molecule has 0 aromatic heterocycles. The fraction of sp³-hybridized carbons (Fsp3) is 1.00. The number of rotatable bonds is 0. The molecule has 2 saturated heterocycles. The van der Waals surface area contributed by atoms with Crippen molar-refractivity contribution in [2.24, 2.45) is 0 Å². The first-order valence-electron chi connectivity index (χ1n) is 3.98. The Morgan fingerprint density at radius 1 is 1.10 bits per heavy atom. The van der Waals surface area contributed by atoms with Crippen LogP contribution in [0.4, 0.5) is 0 Å². The quantitative estimate of drug-likeness (QED) is 0.471. The van der Waals surface area contributed by atoms with E-state index in [0.29, 0.717) is 12.2 Å². The van der Waals surface area contributed by atoms with Crippen LogP contribution >= 0.6 is 0 Å². The van der Waals surface area contributed by atoms with Gasteiger partial charge in [-0.3, -0.25) is 0 Å². The van der Waals surface area contributed by atoms with E-state index in [4.69, 9.17) is 9.47 Å². The zero-order valence-electron chi connectivity index (χ0n) is 6.39. The first kappa shape index (κ1) is 5.56. The largest absolute Gasteiger partial charge is 0.366 e. The predicted molar refractivity (Wildman–Crippen MR) is 35.8 cm³/mol. The minimum absolute atomic E-state index is 0.196. The topological polar surface area (TPSA) is 25.1 Å². The molecular formula is C8H12O2. The van der Waals surface area contributed by atoms with Crippen LogP contribution in [-0.4, -0.2) is 23.4 Å². The molecule has 3 fully saturated rings. The third-order valence-corrected chi connectivity index (χ3v) is 3.20. The lowest BCUT2D eigenvalue weighted by Crippen LogP contribution is -2.27. The lowest BCUT2D eigenvalue weighted by atomic mass is 9.83. The lowest BCUT2D eigenvalue weighted by molar-refractivity contribution is 0.219. The van der Waals surface area contributed by atoms with Gasteiger partial charge in [0.1, 0.15) is 0 Å². The molecule has 1 saturated carbocycles. The summed E-state index contributed by atoms with van der Waals surface area (Å²) >= 11 is 0. The van der Waals surface area contributed by atoms with Crippen molar-refractivity contribution in [1.29, 1.82) is 0 Å². The van der Waals surface area contributed by atoms with Gasteiger partial charge in [0.05, 0.1) is 23.4 Å². The zero-order chi connectivity index (χ0) is 6.98. The highest BCUT2D eigenvalue weighted by Crippen LogP contribution is 2.59. The summed E-state index contributed by atoms with van der Waals surface area (Å²) in [6.07, 6.45) is 3.28. The second kappa shape index (κ2) is 1.16. The standard InChI is InChI=1S/C8H12O2/c1-7-4-8(2)6(10-8)3-5(7)9-7/h5-6H,3-4H2,1-2H3/t5-,6+,7-,8-/m1/s1. The Bertz CT molecular complexity index is 183. The molecule has 0 aromatic carbocycles. The molecule has 0 N–H and O–H groups in total. The van der Waals surface area contributed by atoms with E-state index in [1.165, 1.54) is 0 Å². The number of hydrogen-bond donors (Lipinski definition) is 0. The molecule has 3 rings (SSSR count). The van der Waals surface area contributed by atoms with E-state index in [0.717, 1.165) is 12.8 Å². The second-order valence-corrected chi connectivity index (χ2v) is 4.25. The van der Waals surface area contributed by atoms with Crippen molar-refractivity contribution in [1.82, 2.24) is 0 Å². The summed E-state index contributed by atoms with van der Waals surface area (Å²) in [6.45, 7) is 4.39. The fourth-order valence-corrected chi connectivity index (χ4v) is 2.38. The summed E-state index contributed by atoms with van der Waals surface area (Å²) in [6, 6.07) is 0. The average Bonchev–Trinajstić information content (AvgIpc) is 2.53. The van der Waals surface area contributed by atoms with Gasteiger partial charge in [-0.2, -0.15) is 0 Å². The minimum Gasteiger partial charge on any atom is -0.366 e. The van der Waals surface area contributed by atoms with Gasteiger partial charge in [-0.15, -0.1) is 0 Å². The molecule has 0 unspecified atom stereocenters. The van der Waals surface area contributed by atoms with Gasteiger partial charge in [-0.25, -0.2) is 0 Å². The van der Waals surface area contributed by atoms with Crippen LogP contribution in [0.15, 0.2) is 0 Å². The Morgan fingerprint density at radius 2 is 1.60 bits per heavy atom. The molecule has 0 bridgehead atoms. The van der Waals surface area contributed by atoms with Crippen LogP contribution in [0.5, 0.6) is 0 Å². The van der Waals surface area contributed by atoms with Crippen molar-refractivity contribution in [3.8, 4) is 0 Å². The van der Waals surface area contributed by atoms with E-state index in [-0.39, 0.29) is 11.2 Å². The third-order valence-electron chi connectivity index (χ3n) is 3.20. The van der Waals surface area contributed by atoms with Crippen molar-refractivity contribution >= 4 is 0 Å². The minimum atomic E-state index is 0.196. The van der Waals surface area contributed by atoms with Crippen molar-refractivity contribution in [2.45, 2.75) is 50.1 Å². The van der Waals surface area contributed by atoms with Crippen LogP contribution in [0.1, 0.15) is 26.7 Å². The van der Waals surface area contributed by atoms with Crippen LogP contribution in [0.25, 0.3) is 0 Å². The molecule has 4 atom stereocenters. The zero-order valence-corrected chi connectivity index (χ0v) is 6.39. The molecule has 2 aliphatic heterocycles. The Morgan fingerprint density at radius 3 is 2.00 bits per heavy atom. The number of epoxide rings is 2. The molecule has 56 valence electrons. The van der Waals surface area contributed by atoms with E-state index in [2.05, 4.69) is 13.8 Å². The van der Waals surface area contributed by atoms with Crippen LogP contribution < -0.4 is 0 Å². The summed E-state index contributed by atoms with van der Waals surface area (Å²) in [7, 11) is 0. The van der Waals surface area contributed by atoms with Gasteiger partial charge in [0.25, 0.3) is 0 Å². The SMILES string of the molecule is C[C@@]12C[C@@]3(C)O[C@@H]3C[C@@H]1O2. The van der Waals surface area contributed by atoms with E-state index >= 15 is 0 Å². The number of fused-ring (bicyclic) bond motifs is 2. The molecule has 0 radical (unpaired) electrons. The third kappa shape index (κ3) is 0.487. The average molecular weight is 140 g/mol. The van der Waals surface area contributed by atoms with E-state index in [9.17, 15) is 0 Å². The van der Waals surface area contributed by atoms with E-state index in [1.807, 2.05) is 0 Å². The fourth-order valence-electron chi connectivity index (χ4n) is 2.38. The molecule has 0 amide bonds. The van der Waals surface area contributed by atoms with Gasteiger partial charge in [-0.1, -0.05) is 0 Å². The van der Waals surface area contributed by atoms with Crippen LogP contribution in [-0.2, 0) is 9.47 Å². The Balaban J connectivity index is 1.90. The summed E-state index contributed by atoms with van der Waals surface area (Å²) in [5.74, 6) is 0. The molecule has 0 aromatic rings. The smallest absolute Gasteiger partial charge is 0.0949 e. The summed E-state index contributed by atoms with van der Waals surface area (Å²) in [5.41, 5.74) is 0.392. The van der Waals surface area contributed by atoms with Gasteiger partial charge in [-0.05, 0) is 13.8 Å². The molecule has 2 heterocycles. The number of hydrogen-bond acceptors (Lipinski definition) is 2. The second-order valence-electron chi connectivity index (χ2n) is 4.25. The Hall–Kier alpha value is -0.0800. The van der Waals surface area contributed by atoms with Crippen LogP contribution in [0.3, 0.4) is 0 Å². The van der Waals surface area contributed by atoms with Gasteiger partial charge in [0, 0.05) is 12.8 Å². The van der Waals surface area contributed by atoms with Crippen LogP contribution in [0.2, 0.25) is 0 Å². The van der Waals surface area contributed by atoms with Crippen molar-refractivity contribution < 1.29 is 9.47 Å². The monoisotopic (exact) mass is 140 g/mol. The summed E-state index contributed by atoms with van der Waals surface area (Å²) in [4.78, 5) is 0. The molecule has 0 spiro atoms. The molecule has 2 heteroatoms. The van der Waals surface area contributed by atoms with E-state index in [1.54, 1.807) is 0 Å². The molecule has 10 heavy (non-hydrogen) atoms. The molecule has 1 aliphatic carbocycles. The molecular weight excluding hydrogens is 128 g/mol. The number of ether oxygens (including phenoxy) is 2. The first-order chi connectivity index (χ1) is 4.62. The van der Waals surface area contributed by atoms with Gasteiger partial charge in [0.15, 0.2) is 0 Å². The highest BCUT2D eigenvalue weighted by atomic mass is 16.6. The highest BCUT2D eigenvalue weighted by Gasteiger charge is 2.69. The lowest BCUT2D eigenvalue weighted by Gasteiger charge is -2.14. The summed E-state index contributed by atoms with van der Waals surface area (Å²) in [5, 5.41) is 0. The van der Waals surface area contributed by atoms with Gasteiger partial charge < -0.3 is 9.47 Å². The predicted octanol–water partition coefficient (Wildman–Crippen LogP) is 1.10. The summed E-state index contributed by atoms with van der Waals surface area (Å²) < 4.78 is 11.1. The van der Waals surface area contributed by atoms with Crippen molar-refractivity contribution in [2.75, 3.05) is 0 Å². The van der Waals surface area contributed by atoms with Crippen molar-refractivity contribution in [3.63, 3.8) is 0 Å². The normalized spacial score (nSPS) is 70.2. The van der Waals surface area contributed by atoms with Gasteiger partial charge >= 0.3 is 0 Å². The first-order valence-corrected chi connectivity index (χ1v) is 3.98. The molecule has 3 aliphatic rings. The highest BCUT2D eigenvalue weighted by molar-refractivity contribution is 5.18. The maximum atomic E-state index is 5.55. The maximum absolute atomic E-state index is 5.55.